The summed E-state index contributed by atoms with van der Waals surface area (Å²) < 4.78 is 0. The van der Waals surface area contributed by atoms with Crippen LogP contribution in [-0.4, -0.2) is 11.0 Å². The molecule has 1 atom stereocenters. The van der Waals surface area contributed by atoms with Crippen molar-refractivity contribution in [1.29, 1.82) is 0 Å². The maximum atomic E-state index is 5.88. The smallest absolute Gasteiger partial charge is 0.129 e. The average molecular weight is 267 g/mol. The largest absolute Gasteiger partial charge is 0.381 e. The van der Waals surface area contributed by atoms with Gasteiger partial charge in [-0.3, -0.25) is 0 Å². The van der Waals surface area contributed by atoms with E-state index >= 15 is 0 Å². The Morgan fingerprint density at radius 3 is 2.78 bits per heavy atom. The predicted octanol–water partition coefficient (Wildman–Crippen LogP) is 4.81. The molecule has 0 bridgehead atoms. The standard InChI is InChI=1S/C15H23ClN2/c1-11-13(6-7-14(16)17-11)18-12-5-4-9-15(2,3)10-8-12/h6-7,12,18H,4-5,8-10H2,1-3H3. The molecule has 1 unspecified atom stereocenters. The lowest BCUT2D eigenvalue weighted by atomic mass is 9.85. The highest BCUT2D eigenvalue weighted by Gasteiger charge is 2.24. The molecule has 2 nitrogen and oxygen atoms in total. The topological polar surface area (TPSA) is 24.9 Å². The summed E-state index contributed by atoms with van der Waals surface area (Å²) in [6.45, 7) is 6.77. The summed E-state index contributed by atoms with van der Waals surface area (Å²) in [5, 5.41) is 4.20. The highest BCUT2D eigenvalue weighted by Crippen LogP contribution is 2.34. The molecule has 3 heteroatoms. The first-order valence-corrected chi connectivity index (χ1v) is 7.24. The zero-order chi connectivity index (χ0) is 13.2. The summed E-state index contributed by atoms with van der Waals surface area (Å²) in [5.74, 6) is 0. The van der Waals surface area contributed by atoms with Gasteiger partial charge in [0.1, 0.15) is 5.15 Å². The highest BCUT2D eigenvalue weighted by atomic mass is 35.5. The predicted molar refractivity (Wildman–Crippen MR) is 78.3 cm³/mol. The van der Waals surface area contributed by atoms with Crippen LogP contribution in [0.4, 0.5) is 5.69 Å². The van der Waals surface area contributed by atoms with Crippen molar-refractivity contribution < 1.29 is 0 Å². The molecule has 1 aromatic rings. The summed E-state index contributed by atoms with van der Waals surface area (Å²) in [4.78, 5) is 4.29. The molecule has 0 aliphatic heterocycles. The van der Waals surface area contributed by atoms with E-state index in [1.807, 2.05) is 19.1 Å². The third-order valence-corrected chi connectivity index (χ3v) is 4.20. The van der Waals surface area contributed by atoms with Gasteiger partial charge in [0.15, 0.2) is 0 Å². The molecule has 0 aromatic carbocycles. The van der Waals surface area contributed by atoms with Gasteiger partial charge in [0.2, 0.25) is 0 Å². The minimum atomic E-state index is 0.504. The Hall–Kier alpha value is -0.760. The fourth-order valence-electron chi connectivity index (χ4n) is 2.71. The second-order valence-electron chi connectivity index (χ2n) is 6.20. The Bertz CT molecular complexity index is 415. The van der Waals surface area contributed by atoms with E-state index in [0.29, 0.717) is 16.6 Å². The lowest BCUT2D eigenvalue weighted by molar-refractivity contribution is 0.313. The molecule has 1 aliphatic carbocycles. The fourth-order valence-corrected chi connectivity index (χ4v) is 2.90. The molecule has 18 heavy (non-hydrogen) atoms. The van der Waals surface area contributed by atoms with Crippen molar-refractivity contribution in [3.05, 3.63) is 23.0 Å². The number of nitrogens with zero attached hydrogens (tertiary/aromatic N) is 1. The number of aryl methyl sites for hydroxylation is 1. The molecule has 1 aliphatic rings. The fraction of sp³-hybridized carbons (Fsp3) is 0.667. The summed E-state index contributed by atoms with van der Waals surface area (Å²) in [5.41, 5.74) is 2.62. The molecule has 1 saturated carbocycles. The van der Waals surface area contributed by atoms with E-state index in [4.69, 9.17) is 11.6 Å². The van der Waals surface area contributed by atoms with Gasteiger partial charge >= 0.3 is 0 Å². The van der Waals surface area contributed by atoms with Crippen molar-refractivity contribution in [2.24, 2.45) is 5.41 Å². The zero-order valence-electron chi connectivity index (χ0n) is 11.6. The van der Waals surface area contributed by atoms with Gasteiger partial charge < -0.3 is 5.32 Å². The van der Waals surface area contributed by atoms with Crippen molar-refractivity contribution in [3.63, 3.8) is 0 Å². The first kappa shape index (κ1) is 13.7. The van der Waals surface area contributed by atoms with Crippen molar-refractivity contribution in [2.45, 2.75) is 58.9 Å². The van der Waals surface area contributed by atoms with Crippen LogP contribution in [0.1, 0.15) is 51.6 Å². The molecule has 1 heterocycles. The Morgan fingerprint density at radius 1 is 1.28 bits per heavy atom. The molecule has 0 amide bonds. The SMILES string of the molecule is Cc1nc(Cl)ccc1NC1CCCC(C)(C)CC1. The lowest BCUT2D eigenvalue weighted by Gasteiger charge is -2.22. The number of nitrogens with one attached hydrogen (secondary N) is 1. The Balaban J connectivity index is 2.01. The number of rotatable bonds is 2. The third kappa shape index (κ3) is 3.61. The maximum absolute atomic E-state index is 5.88. The van der Waals surface area contributed by atoms with E-state index in [2.05, 4.69) is 24.1 Å². The second-order valence-corrected chi connectivity index (χ2v) is 6.59. The van der Waals surface area contributed by atoms with Crippen LogP contribution in [-0.2, 0) is 0 Å². The van der Waals surface area contributed by atoms with Gasteiger partial charge in [0, 0.05) is 6.04 Å². The van der Waals surface area contributed by atoms with Crippen LogP contribution in [0.15, 0.2) is 12.1 Å². The van der Waals surface area contributed by atoms with E-state index in [9.17, 15) is 0 Å². The molecule has 1 fully saturated rings. The molecule has 0 radical (unpaired) electrons. The van der Waals surface area contributed by atoms with E-state index in [1.165, 1.54) is 32.1 Å². The first-order chi connectivity index (χ1) is 8.46. The molecule has 1 N–H and O–H groups in total. The normalized spacial score (nSPS) is 23.4. The molecule has 100 valence electrons. The van der Waals surface area contributed by atoms with Gasteiger partial charge in [0.25, 0.3) is 0 Å². The van der Waals surface area contributed by atoms with Crippen molar-refractivity contribution in [3.8, 4) is 0 Å². The number of halogens is 1. The van der Waals surface area contributed by atoms with Crippen molar-refractivity contribution >= 4 is 17.3 Å². The van der Waals surface area contributed by atoms with Crippen LogP contribution >= 0.6 is 11.6 Å². The minimum Gasteiger partial charge on any atom is -0.381 e. The maximum Gasteiger partial charge on any atom is 0.129 e. The van der Waals surface area contributed by atoms with E-state index in [-0.39, 0.29) is 0 Å². The first-order valence-electron chi connectivity index (χ1n) is 6.86. The summed E-state index contributed by atoms with van der Waals surface area (Å²) >= 11 is 5.88. The molecule has 1 aromatic heterocycles. The quantitative estimate of drug-likeness (QED) is 0.614. The summed E-state index contributed by atoms with van der Waals surface area (Å²) in [6, 6.07) is 4.48. The number of pyridine rings is 1. The van der Waals surface area contributed by atoms with Gasteiger partial charge in [-0.15, -0.1) is 0 Å². The Labute approximate surface area is 115 Å². The highest BCUT2D eigenvalue weighted by molar-refractivity contribution is 6.29. The zero-order valence-corrected chi connectivity index (χ0v) is 12.3. The average Bonchev–Trinajstić information content (AvgIpc) is 2.44. The number of anilines is 1. The van der Waals surface area contributed by atoms with Gasteiger partial charge in [0.05, 0.1) is 11.4 Å². The van der Waals surface area contributed by atoms with Crippen molar-refractivity contribution in [2.75, 3.05) is 5.32 Å². The number of aromatic nitrogens is 1. The van der Waals surface area contributed by atoms with Crippen molar-refractivity contribution in [1.82, 2.24) is 4.98 Å². The molecule has 0 saturated heterocycles. The van der Waals surface area contributed by atoms with E-state index in [0.717, 1.165) is 11.4 Å². The van der Waals surface area contributed by atoms with Gasteiger partial charge in [-0.25, -0.2) is 4.98 Å². The third-order valence-electron chi connectivity index (χ3n) is 3.99. The van der Waals surface area contributed by atoms with Crippen LogP contribution in [0.5, 0.6) is 0 Å². The number of hydrogen-bond donors (Lipinski definition) is 1. The molecular weight excluding hydrogens is 244 g/mol. The molecular formula is C15H23ClN2. The van der Waals surface area contributed by atoms with Crippen LogP contribution in [0.3, 0.4) is 0 Å². The minimum absolute atomic E-state index is 0.504. The van der Waals surface area contributed by atoms with Gasteiger partial charge in [-0.1, -0.05) is 31.9 Å². The van der Waals surface area contributed by atoms with Crippen LogP contribution in [0.2, 0.25) is 5.15 Å². The monoisotopic (exact) mass is 266 g/mol. The second kappa shape index (κ2) is 5.48. The lowest BCUT2D eigenvalue weighted by Crippen LogP contribution is -2.20. The van der Waals surface area contributed by atoms with Gasteiger partial charge in [-0.05, 0) is 50.2 Å². The van der Waals surface area contributed by atoms with Gasteiger partial charge in [-0.2, -0.15) is 0 Å². The summed E-state index contributed by atoms with van der Waals surface area (Å²) in [7, 11) is 0. The van der Waals surface area contributed by atoms with E-state index < -0.39 is 0 Å². The Morgan fingerprint density at radius 2 is 2.06 bits per heavy atom. The molecule has 2 rings (SSSR count). The van der Waals surface area contributed by atoms with Crippen LogP contribution in [0, 0.1) is 12.3 Å². The van der Waals surface area contributed by atoms with E-state index in [1.54, 1.807) is 0 Å². The van der Waals surface area contributed by atoms with Crippen LogP contribution in [0.25, 0.3) is 0 Å². The summed E-state index contributed by atoms with van der Waals surface area (Å²) in [6.07, 6.45) is 6.44. The molecule has 0 spiro atoms. The number of hydrogen-bond acceptors (Lipinski definition) is 2. The van der Waals surface area contributed by atoms with Crippen LogP contribution < -0.4 is 5.32 Å². The Kier molecular flexibility index (Phi) is 4.16.